The van der Waals surface area contributed by atoms with E-state index in [0.29, 0.717) is 9.79 Å². The highest BCUT2D eigenvalue weighted by Crippen LogP contribution is 2.79. The molecule has 1 saturated carbocycles. The number of methoxy groups -OCH3 is 2. The Labute approximate surface area is 251 Å². The number of thioether (sulfide) groups is 2. The topological polar surface area (TPSA) is 55.4 Å². The lowest BCUT2D eigenvalue weighted by Gasteiger charge is -2.50. The molecule has 14 heteroatoms. The minimum atomic E-state index is -5.77. The third-order valence-electron chi connectivity index (χ3n) is 7.58. The molecule has 0 N–H and O–H groups in total. The SMILES string of the molecule is COCO[C@@H](C)O[C@@]12Sc3ccccc3C1=C1C(=C3c4ccccc4S[C@]32O[C@H](C)OCOC)C(F)(F)C(F)(F)C1(F)F. The van der Waals surface area contributed by atoms with E-state index >= 15 is 26.3 Å². The molecule has 6 nitrogen and oxygen atoms in total. The maximum Gasteiger partial charge on any atom is 0.380 e. The van der Waals surface area contributed by atoms with E-state index in [1.807, 2.05) is 0 Å². The van der Waals surface area contributed by atoms with Gasteiger partial charge in [-0.15, -0.1) is 0 Å². The monoisotopic (exact) mass is 648 g/mol. The van der Waals surface area contributed by atoms with Crippen LogP contribution in [0, 0.1) is 0 Å². The summed E-state index contributed by atoms with van der Waals surface area (Å²) in [5.74, 6) is -16.3. The first kappa shape index (κ1) is 31.0. The summed E-state index contributed by atoms with van der Waals surface area (Å²) in [6, 6.07) is 12.2. The van der Waals surface area contributed by atoms with Crippen LogP contribution in [0.25, 0.3) is 11.1 Å². The second-order valence-corrected chi connectivity index (χ2v) is 12.6. The van der Waals surface area contributed by atoms with Crippen LogP contribution >= 0.6 is 23.5 Å². The minimum absolute atomic E-state index is 0.0381. The van der Waals surface area contributed by atoms with Gasteiger partial charge in [-0.3, -0.25) is 0 Å². The Bertz CT molecular complexity index is 1410. The molecule has 0 saturated heterocycles. The number of benzene rings is 2. The van der Waals surface area contributed by atoms with Gasteiger partial charge in [0.1, 0.15) is 13.6 Å². The first-order chi connectivity index (χ1) is 20.3. The van der Waals surface area contributed by atoms with E-state index in [1.165, 1.54) is 52.3 Å². The van der Waals surface area contributed by atoms with Crippen LogP contribution in [0.2, 0.25) is 0 Å². The summed E-state index contributed by atoms with van der Waals surface area (Å²) >= 11 is 1.80. The van der Waals surface area contributed by atoms with Crippen LogP contribution in [0.3, 0.4) is 0 Å². The molecule has 0 spiro atoms. The van der Waals surface area contributed by atoms with Gasteiger partial charge < -0.3 is 28.4 Å². The van der Waals surface area contributed by atoms with Crippen LogP contribution < -0.4 is 0 Å². The summed E-state index contributed by atoms with van der Waals surface area (Å²) in [6.45, 7) is 2.38. The molecule has 4 atom stereocenters. The maximum atomic E-state index is 16.1. The van der Waals surface area contributed by atoms with Gasteiger partial charge in [0, 0.05) is 46.3 Å². The molecule has 0 aromatic heterocycles. The quantitative estimate of drug-likeness (QED) is 0.195. The van der Waals surface area contributed by atoms with Crippen LogP contribution in [0.1, 0.15) is 25.0 Å². The van der Waals surface area contributed by atoms with E-state index in [2.05, 4.69) is 0 Å². The molecule has 0 bridgehead atoms. The fourth-order valence-corrected chi connectivity index (χ4v) is 9.21. The lowest BCUT2D eigenvalue weighted by molar-refractivity contribution is -0.257. The van der Waals surface area contributed by atoms with E-state index in [1.54, 1.807) is 24.3 Å². The van der Waals surface area contributed by atoms with E-state index < -0.39 is 62.5 Å². The van der Waals surface area contributed by atoms with Gasteiger partial charge in [0.15, 0.2) is 22.4 Å². The van der Waals surface area contributed by atoms with Crippen LogP contribution in [0.4, 0.5) is 26.3 Å². The second-order valence-electron chi connectivity index (χ2n) is 10.2. The number of fused-ring (bicyclic) bond motifs is 8. The molecule has 6 rings (SSSR count). The summed E-state index contributed by atoms with van der Waals surface area (Å²) < 4.78 is 129. The smallest absolute Gasteiger partial charge is 0.359 e. The second kappa shape index (κ2) is 10.5. The van der Waals surface area contributed by atoms with Gasteiger partial charge >= 0.3 is 17.8 Å². The van der Waals surface area contributed by atoms with E-state index in [-0.39, 0.29) is 24.7 Å². The zero-order valence-corrected chi connectivity index (χ0v) is 24.9. The Morgan fingerprint density at radius 3 is 1.35 bits per heavy atom. The van der Waals surface area contributed by atoms with E-state index in [0.717, 1.165) is 23.5 Å². The van der Waals surface area contributed by atoms with Crippen molar-refractivity contribution in [2.45, 2.75) is 63.9 Å². The Hall–Kier alpha value is -2.04. The zero-order chi connectivity index (χ0) is 31.0. The van der Waals surface area contributed by atoms with Crippen molar-refractivity contribution in [3.63, 3.8) is 0 Å². The first-order valence-corrected chi connectivity index (χ1v) is 14.7. The average Bonchev–Trinajstić information content (AvgIpc) is 3.50. The lowest BCUT2D eigenvalue weighted by Crippen LogP contribution is -2.57. The molecule has 43 heavy (non-hydrogen) atoms. The highest BCUT2D eigenvalue weighted by atomic mass is 32.2. The van der Waals surface area contributed by atoms with Crippen molar-refractivity contribution in [3.8, 4) is 0 Å². The van der Waals surface area contributed by atoms with Gasteiger partial charge in [0.25, 0.3) is 0 Å². The van der Waals surface area contributed by atoms with E-state index in [4.69, 9.17) is 28.4 Å². The molecule has 232 valence electrons. The Kier molecular flexibility index (Phi) is 7.57. The van der Waals surface area contributed by atoms with Crippen molar-refractivity contribution in [2.75, 3.05) is 27.8 Å². The van der Waals surface area contributed by atoms with Gasteiger partial charge in [-0.25, -0.2) is 0 Å². The normalized spacial score (nSPS) is 28.7. The highest BCUT2D eigenvalue weighted by molar-refractivity contribution is 8.06. The zero-order valence-electron chi connectivity index (χ0n) is 23.2. The first-order valence-electron chi connectivity index (χ1n) is 13.1. The fraction of sp³-hybridized carbons (Fsp3) is 0.448. The minimum Gasteiger partial charge on any atom is -0.359 e. The molecule has 4 aliphatic rings. The number of hydrogen-bond donors (Lipinski definition) is 0. The van der Waals surface area contributed by atoms with Gasteiger partial charge in [-0.1, -0.05) is 59.9 Å². The number of ether oxygens (including phenoxy) is 6. The van der Waals surface area contributed by atoms with Crippen LogP contribution in [-0.4, -0.2) is 68.0 Å². The largest absolute Gasteiger partial charge is 0.380 e. The predicted molar refractivity (Wildman–Crippen MR) is 146 cm³/mol. The summed E-state index contributed by atoms with van der Waals surface area (Å²) in [7, 11) is 2.72. The standard InChI is InChI=1S/C29H26F6O6S2/c1-15(38-13-36-3)40-27-21(17-9-5-7-11-19(17)42-27)23-24(26(32,33)29(34,35)25(23,30)31)22-18-10-6-8-12-20(18)43-28(22,27)41-16(2)39-14-37-4/h5-12,15-16H,13-14H2,1-4H3/t15-,16-,27-,28-/m1/s1. The van der Waals surface area contributed by atoms with Crippen molar-refractivity contribution in [1.82, 2.24) is 0 Å². The van der Waals surface area contributed by atoms with Crippen LogP contribution in [-0.2, 0) is 28.4 Å². The van der Waals surface area contributed by atoms with Crippen molar-refractivity contribution in [3.05, 3.63) is 70.8 Å². The molecular weight excluding hydrogens is 622 g/mol. The summed E-state index contributed by atoms with van der Waals surface area (Å²) in [5, 5.41) is 0. The molecular formula is C29H26F6O6S2. The van der Waals surface area contributed by atoms with Crippen molar-refractivity contribution in [2.24, 2.45) is 0 Å². The molecule has 2 aliphatic heterocycles. The molecule has 2 aliphatic carbocycles. The molecule has 2 heterocycles. The predicted octanol–water partition coefficient (Wildman–Crippen LogP) is 7.40. The number of rotatable bonds is 10. The van der Waals surface area contributed by atoms with Crippen LogP contribution in [0.15, 0.2) is 69.5 Å². The summed E-state index contributed by atoms with van der Waals surface area (Å²) in [4.78, 5) is -3.65. The molecule has 0 amide bonds. The van der Waals surface area contributed by atoms with Crippen molar-refractivity contribution < 1.29 is 54.8 Å². The number of allylic oxidation sites excluding steroid dienone is 2. The third kappa shape index (κ3) is 4.07. The van der Waals surface area contributed by atoms with Gasteiger partial charge in [-0.2, -0.15) is 26.3 Å². The van der Waals surface area contributed by atoms with Gasteiger partial charge in [-0.05, 0) is 37.1 Å². The lowest BCUT2D eigenvalue weighted by atomic mass is 9.76. The molecule has 0 radical (unpaired) electrons. The Balaban J connectivity index is 1.76. The fourth-order valence-electron chi connectivity index (χ4n) is 5.93. The Morgan fingerprint density at radius 1 is 0.605 bits per heavy atom. The molecule has 2 aromatic rings. The Morgan fingerprint density at radius 2 is 0.977 bits per heavy atom. The number of alkyl halides is 6. The van der Waals surface area contributed by atoms with Crippen molar-refractivity contribution in [1.29, 1.82) is 0 Å². The molecule has 1 fully saturated rings. The molecule has 2 aromatic carbocycles. The van der Waals surface area contributed by atoms with E-state index in [9.17, 15) is 0 Å². The summed E-state index contributed by atoms with van der Waals surface area (Å²) in [5.41, 5.74) is -3.99. The van der Waals surface area contributed by atoms with Gasteiger partial charge in [0.2, 0.25) is 0 Å². The maximum absolute atomic E-state index is 16.1. The summed E-state index contributed by atoms with van der Waals surface area (Å²) in [6.07, 6.45) is -2.42. The van der Waals surface area contributed by atoms with Gasteiger partial charge in [0.05, 0.1) is 0 Å². The van der Waals surface area contributed by atoms with Crippen LogP contribution in [0.5, 0.6) is 0 Å². The average molecular weight is 649 g/mol. The number of hydrogen-bond acceptors (Lipinski definition) is 8. The third-order valence-corrected chi connectivity index (χ3v) is 10.6. The number of halogens is 6. The van der Waals surface area contributed by atoms with Crippen molar-refractivity contribution >= 4 is 34.7 Å². The highest BCUT2D eigenvalue weighted by Gasteiger charge is 2.86. The molecule has 0 unspecified atom stereocenters.